The van der Waals surface area contributed by atoms with Gasteiger partial charge in [-0.05, 0) is 22.1 Å². The lowest BCUT2D eigenvalue weighted by atomic mass is 9.92. The van der Waals surface area contributed by atoms with Gasteiger partial charge in [0.15, 0.2) is 23.3 Å². The van der Waals surface area contributed by atoms with Crippen LogP contribution in [0.5, 0.6) is 0 Å². The minimum atomic E-state index is -2.28. The van der Waals surface area contributed by atoms with E-state index in [4.69, 9.17) is 7.85 Å². The first-order valence-corrected chi connectivity index (χ1v) is 9.86. The summed E-state index contributed by atoms with van der Waals surface area (Å²) in [6.07, 6.45) is 0. The number of benzene rings is 1. The van der Waals surface area contributed by atoms with Crippen molar-refractivity contribution in [2.75, 3.05) is 0 Å². The highest BCUT2D eigenvalue weighted by atomic mass is 28.3. The second kappa shape index (κ2) is 7.13. The predicted octanol–water partition coefficient (Wildman–Crippen LogP) is 4.61. The molecular weight excluding hydrogens is 319 g/mol. The lowest BCUT2D eigenvalue weighted by Crippen LogP contribution is -2.43. The van der Waals surface area contributed by atoms with E-state index in [9.17, 15) is 17.6 Å². The molecule has 0 amide bonds. The maximum Gasteiger partial charge on any atom is 0.176 e. The molecular formula is C17H21BF4Si. The normalized spacial score (nSPS) is 12.0. The van der Waals surface area contributed by atoms with Crippen LogP contribution in [0.4, 0.5) is 17.6 Å². The third kappa shape index (κ3) is 3.35. The number of hydrogen-bond acceptors (Lipinski definition) is 0. The van der Waals surface area contributed by atoms with Crippen LogP contribution in [-0.4, -0.2) is 15.9 Å². The average molecular weight is 340 g/mol. The van der Waals surface area contributed by atoms with Crippen molar-refractivity contribution in [2.24, 2.45) is 0 Å². The maximum absolute atomic E-state index is 13.9. The van der Waals surface area contributed by atoms with Crippen LogP contribution in [0.3, 0.4) is 0 Å². The van der Waals surface area contributed by atoms with E-state index in [0.717, 1.165) is 0 Å². The topological polar surface area (TPSA) is 0 Å². The fourth-order valence-corrected chi connectivity index (χ4v) is 8.57. The van der Waals surface area contributed by atoms with Gasteiger partial charge in [0.1, 0.15) is 21.5 Å². The largest absolute Gasteiger partial charge is 0.204 e. The minimum Gasteiger partial charge on any atom is -0.204 e. The van der Waals surface area contributed by atoms with E-state index in [1.54, 1.807) is 0 Å². The molecule has 1 aromatic rings. The van der Waals surface area contributed by atoms with Crippen LogP contribution in [0, 0.1) is 34.7 Å². The van der Waals surface area contributed by atoms with E-state index in [1.807, 2.05) is 41.5 Å². The molecule has 0 heterocycles. The zero-order valence-corrected chi connectivity index (χ0v) is 15.3. The molecule has 6 heteroatoms. The number of hydrogen-bond donors (Lipinski definition) is 0. The molecule has 0 saturated heterocycles. The molecule has 0 atom stereocenters. The molecule has 0 aromatic heterocycles. The van der Waals surface area contributed by atoms with Gasteiger partial charge in [0.25, 0.3) is 0 Å². The van der Waals surface area contributed by atoms with E-state index >= 15 is 0 Å². The van der Waals surface area contributed by atoms with Crippen LogP contribution in [0.1, 0.15) is 47.1 Å². The SMILES string of the molecule is [B]c1c(F)c(F)c(C#C[Si](C(C)C)(C(C)C)C(C)C)c(F)c1F. The summed E-state index contributed by atoms with van der Waals surface area (Å²) >= 11 is 0. The van der Waals surface area contributed by atoms with Gasteiger partial charge in [-0.1, -0.05) is 47.5 Å². The fourth-order valence-electron chi connectivity index (χ4n) is 3.36. The zero-order valence-electron chi connectivity index (χ0n) is 14.3. The molecule has 23 heavy (non-hydrogen) atoms. The molecule has 1 rings (SSSR count). The Kier molecular flexibility index (Phi) is 6.14. The van der Waals surface area contributed by atoms with Crippen molar-refractivity contribution in [1.82, 2.24) is 0 Å². The van der Waals surface area contributed by atoms with Crippen LogP contribution in [0.25, 0.3) is 0 Å². The van der Waals surface area contributed by atoms with Crippen LogP contribution in [-0.2, 0) is 0 Å². The molecule has 0 aliphatic heterocycles. The first kappa shape index (κ1) is 19.8. The fraction of sp³-hybridized carbons (Fsp3) is 0.529. The summed E-state index contributed by atoms with van der Waals surface area (Å²) in [6, 6.07) is 0. The van der Waals surface area contributed by atoms with Crippen LogP contribution >= 0.6 is 0 Å². The highest BCUT2D eigenvalue weighted by Crippen LogP contribution is 2.40. The van der Waals surface area contributed by atoms with Crippen molar-refractivity contribution >= 4 is 21.4 Å². The average Bonchev–Trinajstić information content (AvgIpc) is 2.45. The molecule has 0 spiro atoms. The molecule has 0 fully saturated rings. The molecule has 0 saturated carbocycles. The van der Waals surface area contributed by atoms with Crippen molar-refractivity contribution in [3.63, 3.8) is 0 Å². The van der Waals surface area contributed by atoms with Gasteiger partial charge in [-0.15, -0.1) is 5.54 Å². The predicted molar refractivity (Wildman–Crippen MR) is 89.6 cm³/mol. The van der Waals surface area contributed by atoms with Gasteiger partial charge in [0.05, 0.1) is 0 Å². The van der Waals surface area contributed by atoms with Crippen molar-refractivity contribution in [3.8, 4) is 11.5 Å². The molecule has 124 valence electrons. The minimum absolute atomic E-state index is 0.226. The van der Waals surface area contributed by atoms with E-state index < -0.39 is 42.4 Å². The summed E-state index contributed by atoms with van der Waals surface area (Å²) in [4.78, 5) is 0. The number of rotatable bonds is 3. The summed E-state index contributed by atoms with van der Waals surface area (Å²) in [7, 11) is 2.73. The molecule has 0 nitrogen and oxygen atoms in total. The molecule has 0 unspecified atom stereocenters. The molecule has 0 aliphatic rings. The van der Waals surface area contributed by atoms with Gasteiger partial charge >= 0.3 is 0 Å². The Morgan fingerprint density at radius 2 is 1.09 bits per heavy atom. The van der Waals surface area contributed by atoms with E-state index in [2.05, 4.69) is 11.5 Å². The van der Waals surface area contributed by atoms with Crippen LogP contribution in [0.2, 0.25) is 16.6 Å². The highest BCUT2D eigenvalue weighted by molar-refractivity contribution is 6.90. The standard InChI is InChI=1S/C17H21BF4Si/c1-9(2)23(10(3)4,11(5)6)8-7-12-14(19)16(21)13(18)17(22)15(12)20/h9-11H,1-6H3. The molecule has 1 aromatic carbocycles. The van der Waals surface area contributed by atoms with Crippen molar-refractivity contribution in [1.29, 1.82) is 0 Å². The summed E-state index contributed by atoms with van der Waals surface area (Å²) in [5.74, 6) is -3.86. The summed E-state index contributed by atoms with van der Waals surface area (Å²) in [5.41, 5.74) is 1.67. The Labute approximate surface area is 138 Å². The highest BCUT2D eigenvalue weighted by Gasteiger charge is 2.41. The smallest absolute Gasteiger partial charge is 0.176 e. The van der Waals surface area contributed by atoms with Gasteiger partial charge in [0.2, 0.25) is 0 Å². The zero-order chi connectivity index (χ0) is 18.1. The van der Waals surface area contributed by atoms with E-state index in [1.165, 1.54) is 0 Å². The Morgan fingerprint density at radius 3 is 1.39 bits per heavy atom. The Morgan fingerprint density at radius 1 is 0.739 bits per heavy atom. The van der Waals surface area contributed by atoms with Gasteiger partial charge in [-0.3, -0.25) is 0 Å². The summed E-state index contributed by atoms with van der Waals surface area (Å²) in [6.45, 7) is 12.2. The lowest BCUT2D eigenvalue weighted by Gasteiger charge is -2.38. The van der Waals surface area contributed by atoms with E-state index in [-0.39, 0.29) is 16.6 Å². The Hall–Kier alpha value is -1.22. The van der Waals surface area contributed by atoms with Crippen molar-refractivity contribution < 1.29 is 17.6 Å². The van der Waals surface area contributed by atoms with Gasteiger partial charge < -0.3 is 0 Å². The Bertz CT molecular complexity index is 606. The lowest BCUT2D eigenvalue weighted by molar-refractivity contribution is 0.460. The number of halogens is 4. The third-order valence-corrected chi connectivity index (χ3v) is 10.9. The Balaban J connectivity index is 3.63. The monoisotopic (exact) mass is 340 g/mol. The van der Waals surface area contributed by atoms with Gasteiger partial charge in [-0.25, -0.2) is 17.6 Å². The summed E-state index contributed by atoms with van der Waals surface area (Å²) in [5, 5.41) is 0. The molecule has 0 aliphatic carbocycles. The first-order chi connectivity index (χ1) is 10.5. The first-order valence-electron chi connectivity index (χ1n) is 7.62. The van der Waals surface area contributed by atoms with Crippen molar-refractivity contribution in [2.45, 2.75) is 58.2 Å². The second-order valence-electron chi connectivity index (χ2n) is 6.69. The molecule has 0 N–H and O–H groups in total. The molecule has 0 bridgehead atoms. The van der Waals surface area contributed by atoms with Crippen LogP contribution in [0.15, 0.2) is 0 Å². The summed E-state index contributed by atoms with van der Waals surface area (Å²) < 4.78 is 55.0. The van der Waals surface area contributed by atoms with Crippen molar-refractivity contribution in [3.05, 3.63) is 28.8 Å². The van der Waals surface area contributed by atoms with E-state index in [0.29, 0.717) is 0 Å². The second-order valence-corrected chi connectivity index (χ2v) is 12.3. The quantitative estimate of drug-likeness (QED) is 0.326. The van der Waals surface area contributed by atoms with Gasteiger partial charge in [-0.2, -0.15) is 0 Å². The third-order valence-electron chi connectivity index (χ3n) is 4.57. The maximum atomic E-state index is 13.9. The van der Waals surface area contributed by atoms with Crippen LogP contribution < -0.4 is 5.46 Å². The van der Waals surface area contributed by atoms with Gasteiger partial charge in [0, 0.05) is 0 Å². The molecule has 2 radical (unpaired) electrons.